The van der Waals surface area contributed by atoms with Crippen molar-refractivity contribution in [2.75, 3.05) is 46.5 Å². The number of nitrogens with one attached hydrogen (secondary N) is 1. The predicted molar refractivity (Wildman–Crippen MR) is 86.4 cm³/mol. The number of amides is 1. The second-order valence-corrected chi connectivity index (χ2v) is 5.62. The van der Waals surface area contributed by atoms with Crippen LogP contribution < -0.4 is 10.1 Å². The molecule has 1 N–H and O–H groups in total. The maximum Gasteiger partial charge on any atom is 0.251 e. The summed E-state index contributed by atoms with van der Waals surface area (Å²) in [6.45, 7) is 7.11. The van der Waals surface area contributed by atoms with E-state index >= 15 is 0 Å². The average Bonchev–Trinajstić information content (AvgIpc) is 2.99. The van der Waals surface area contributed by atoms with E-state index in [1.54, 1.807) is 13.2 Å². The summed E-state index contributed by atoms with van der Waals surface area (Å²) < 4.78 is 10.5. The molecule has 1 saturated heterocycles. The van der Waals surface area contributed by atoms with Crippen LogP contribution >= 0.6 is 0 Å². The van der Waals surface area contributed by atoms with Crippen LogP contribution in [0.2, 0.25) is 0 Å². The van der Waals surface area contributed by atoms with Gasteiger partial charge in [-0.2, -0.15) is 0 Å². The van der Waals surface area contributed by atoms with E-state index in [9.17, 15) is 4.79 Å². The molecule has 0 aliphatic carbocycles. The molecule has 1 aliphatic rings. The summed E-state index contributed by atoms with van der Waals surface area (Å²) in [6.07, 6.45) is 1.13. The van der Waals surface area contributed by atoms with Crippen LogP contribution in [-0.2, 0) is 4.74 Å². The zero-order valence-electron chi connectivity index (χ0n) is 13.5. The van der Waals surface area contributed by atoms with Crippen LogP contribution in [0.1, 0.15) is 23.7 Å². The van der Waals surface area contributed by atoms with E-state index in [1.165, 1.54) is 0 Å². The van der Waals surface area contributed by atoms with Gasteiger partial charge >= 0.3 is 0 Å². The zero-order chi connectivity index (χ0) is 15.8. The highest BCUT2D eigenvalue weighted by Crippen LogP contribution is 2.16. The van der Waals surface area contributed by atoms with Crippen molar-refractivity contribution in [2.45, 2.75) is 13.3 Å². The molecule has 122 valence electrons. The Morgan fingerprint density at radius 2 is 2.32 bits per heavy atom. The molecule has 1 aliphatic heterocycles. The Labute approximate surface area is 132 Å². The minimum absolute atomic E-state index is 0.0307. The van der Waals surface area contributed by atoms with Crippen molar-refractivity contribution in [3.8, 4) is 5.75 Å². The van der Waals surface area contributed by atoms with Crippen LogP contribution in [-0.4, -0.2) is 57.3 Å². The van der Waals surface area contributed by atoms with Gasteiger partial charge in [-0.1, -0.05) is 6.07 Å². The maximum absolute atomic E-state index is 12.2. The fraction of sp³-hybridized carbons (Fsp3) is 0.588. The maximum atomic E-state index is 12.2. The second-order valence-electron chi connectivity index (χ2n) is 5.62. The minimum atomic E-state index is -0.0307. The number of likely N-dealkylation sites (tertiary alicyclic amines) is 1. The predicted octanol–water partition coefficient (Wildman–Crippen LogP) is 1.78. The third-order valence-electron chi connectivity index (χ3n) is 3.94. The van der Waals surface area contributed by atoms with Gasteiger partial charge in [0.15, 0.2) is 0 Å². The molecule has 0 radical (unpaired) electrons. The van der Waals surface area contributed by atoms with Crippen molar-refractivity contribution < 1.29 is 14.3 Å². The van der Waals surface area contributed by atoms with Gasteiger partial charge in [-0.05, 0) is 44.0 Å². The van der Waals surface area contributed by atoms with E-state index in [0.29, 0.717) is 18.1 Å². The molecule has 0 unspecified atom stereocenters. The largest absolute Gasteiger partial charge is 0.494 e. The molecule has 1 aromatic carbocycles. The van der Waals surface area contributed by atoms with Gasteiger partial charge in [0, 0.05) is 32.3 Å². The van der Waals surface area contributed by atoms with E-state index in [0.717, 1.165) is 45.0 Å². The van der Waals surface area contributed by atoms with E-state index < -0.39 is 0 Å². The number of benzene rings is 1. The molecule has 22 heavy (non-hydrogen) atoms. The van der Waals surface area contributed by atoms with Crippen molar-refractivity contribution in [3.63, 3.8) is 0 Å². The molecule has 0 spiro atoms. The molecule has 0 aromatic heterocycles. The highest BCUT2D eigenvalue weighted by atomic mass is 16.5. The summed E-state index contributed by atoms with van der Waals surface area (Å²) in [4.78, 5) is 14.6. The number of rotatable bonds is 8. The number of methoxy groups -OCH3 is 1. The van der Waals surface area contributed by atoms with Crippen molar-refractivity contribution in [1.29, 1.82) is 0 Å². The van der Waals surface area contributed by atoms with Crippen LogP contribution in [0.15, 0.2) is 24.3 Å². The summed E-state index contributed by atoms with van der Waals surface area (Å²) in [7, 11) is 1.73. The van der Waals surface area contributed by atoms with E-state index in [2.05, 4.69) is 10.2 Å². The van der Waals surface area contributed by atoms with Gasteiger partial charge in [0.2, 0.25) is 0 Å². The summed E-state index contributed by atoms with van der Waals surface area (Å²) in [5.41, 5.74) is 0.653. The van der Waals surface area contributed by atoms with Gasteiger partial charge in [0.05, 0.1) is 13.2 Å². The quantitative estimate of drug-likeness (QED) is 0.795. The van der Waals surface area contributed by atoms with E-state index in [-0.39, 0.29) is 5.91 Å². The number of hydrogen-bond donors (Lipinski definition) is 1. The van der Waals surface area contributed by atoms with Crippen LogP contribution in [0, 0.1) is 5.92 Å². The fourth-order valence-electron chi connectivity index (χ4n) is 2.74. The average molecular weight is 306 g/mol. The number of carbonyl (C=O) groups is 1. The summed E-state index contributed by atoms with van der Waals surface area (Å²) in [6, 6.07) is 7.32. The lowest BCUT2D eigenvalue weighted by atomic mass is 10.1. The first-order valence-electron chi connectivity index (χ1n) is 7.95. The minimum Gasteiger partial charge on any atom is -0.494 e. The topological polar surface area (TPSA) is 50.8 Å². The van der Waals surface area contributed by atoms with Gasteiger partial charge in [-0.3, -0.25) is 4.79 Å². The highest BCUT2D eigenvalue weighted by Gasteiger charge is 2.22. The summed E-state index contributed by atoms with van der Waals surface area (Å²) >= 11 is 0. The summed E-state index contributed by atoms with van der Waals surface area (Å²) in [5.74, 6) is 1.23. The van der Waals surface area contributed by atoms with Crippen molar-refractivity contribution in [2.24, 2.45) is 5.92 Å². The summed E-state index contributed by atoms with van der Waals surface area (Å²) in [5, 5.41) is 3.03. The molecule has 5 heteroatoms. The molecule has 1 fully saturated rings. The Morgan fingerprint density at radius 3 is 3.09 bits per heavy atom. The lowest BCUT2D eigenvalue weighted by Crippen LogP contribution is -2.31. The normalized spacial score (nSPS) is 18.4. The molecule has 5 nitrogen and oxygen atoms in total. The van der Waals surface area contributed by atoms with Crippen LogP contribution in [0.4, 0.5) is 0 Å². The van der Waals surface area contributed by atoms with Crippen molar-refractivity contribution >= 4 is 5.91 Å². The monoisotopic (exact) mass is 306 g/mol. The fourth-order valence-corrected chi connectivity index (χ4v) is 2.74. The Morgan fingerprint density at radius 1 is 1.45 bits per heavy atom. The number of nitrogens with zero attached hydrogens (tertiary/aromatic N) is 1. The first-order chi connectivity index (χ1) is 10.7. The second kappa shape index (κ2) is 8.76. The Kier molecular flexibility index (Phi) is 6.68. The van der Waals surface area contributed by atoms with Crippen LogP contribution in [0.25, 0.3) is 0 Å². The third-order valence-corrected chi connectivity index (χ3v) is 3.94. The molecule has 2 rings (SSSR count). The molecule has 0 saturated carbocycles. The highest BCUT2D eigenvalue weighted by molar-refractivity contribution is 5.94. The van der Waals surface area contributed by atoms with Crippen LogP contribution in [0.3, 0.4) is 0 Å². The molecular weight excluding hydrogens is 280 g/mol. The Hall–Kier alpha value is -1.59. The molecule has 1 amide bonds. The smallest absolute Gasteiger partial charge is 0.251 e. The van der Waals surface area contributed by atoms with Gasteiger partial charge in [-0.15, -0.1) is 0 Å². The van der Waals surface area contributed by atoms with Gasteiger partial charge in [0.1, 0.15) is 5.75 Å². The number of ether oxygens (including phenoxy) is 2. The Balaban J connectivity index is 1.77. The molecule has 1 atom stereocenters. The zero-order valence-corrected chi connectivity index (χ0v) is 13.5. The van der Waals surface area contributed by atoms with E-state index in [4.69, 9.17) is 9.47 Å². The number of hydrogen-bond acceptors (Lipinski definition) is 4. The van der Waals surface area contributed by atoms with Crippen LogP contribution in [0.5, 0.6) is 5.75 Å². The lowest BCUT2D eigenvalue weighted by Gasteiger charge is -2.15. The SMILES string of the molecule is CCOc1cccc(C(=O)NC[C@H]2CCN(CCOC)C2)c1. The first kappa shape index (κ1) is 16.8. The van der Waals surface area contributed by atoms with Crippen molar-refractivity contribution in [1.82, 2.24) is 10.2 Å². The van der Waals surface area contributed by atoms with Gasteiger partial charge in [-0.25, -0.2) is 0 Å². The third kappa shape index (κ3) is 5.00. The van der Waals surface area contributed by atoms with Gasteiger partial charge < -0.3 is 19.7 Å². The Bertz CT molecular complexity index is 479. The van der Waals surface area contributed by atoms with Gasteiger partial charge in [0.25, 0.3) is 5.91 Å². The number of carbonyl (C=O) groups excluding carboxylic acids is 1. The van der Waals surface area contributed by atoms with Crippen molar-refractivity contribution in [3.05, 3.63) is 29.8 Å². The molecular formula is C17H26N2O3. The van der Waals surface area contributed by atoms with E-state index in [1.807, 2.05) is 25.1 Å². The standard InChI is InChI=1S/C17H26N2O3/c1-3-22-16-6-4-5-15(11-16)17(20)18-12-14-7-8-19(13-14)9-10-21-2/h4-6,11,14H,3,7-10,12-13H2,1-2H3,(H,18,20)/t14-/m1/s1. The first-order valence-corrected chi connectivity index (χ1v) is 7.95. The molecule has 1 aromatic rings. The lowest BCUT2D eigenvalue weighted by molar-refractivity contribution is 0.0946. The molecule has 0 bridgehead atoms. The molecule has 1 heterocycles.